The summed E-state index contributed by atoms with van der Waals surface area (Å²) in [5, 5.41) is 7.47. The number of H-pyrrole nitrogens is 1. The number of hydrogen-bond donors (Lipinski definition) is 2. The molecule has 0 atom stereocenters. The molecular formula is C5H5N5O. The van der Waals surface area contributed by atoms with Crippen LogP contribution in [0.3, 0.4) is 0 Å². The van der Waals surface area contributed by atoms with E-state index in [9.17, 15) is 4.79 Å². The van der Waals surface area contributed by atoms with E-state index in [1.54, 1.807) is 0 Å². The number of rotatable bonds is 0. The molecule has 3 N–H and O–H groups in total. The summed E-state index contributed by atoms with van der Waals surface area (Å²) in [6.07, 6.45) is 2.65. The minimum atomic E-state index is -0.282. The van der Waals surface area contributed by atoms with Gasteiger partial charge in [-0.3, -0.25) is 4.79 Å². The number of aromatic amines is 1. The van der Waals surface area contributed by atoms with E-state index in [1.165, 1.54) is 17.2 Å². The van der Waals surface area contributed by atoms with E-state index in [0.29, 0.717) is 5.69 Å². The van der Waals surface area contributed by atoms with Crippen LogP contribution < -0.4 is 11.3 Å². The van der Waals surface area contributed by atoms with Crippen LogP contribution in [-0.4, -0.2) is 19.8 Å². The van der Waals surface area contributed by atoms with E-state index < -0.39 is 0 Å². The molecule has 6 heteroatoms. The van der Waals surface area contributed by atoms with Gasteiger partial charge in [-0.1, -0.05) is 0 Å². The molecule has 0 saturated carbocycles. The number of nitrogens with zero attached hydrogens (tertiary/aromatic N) is 3. The van der Waals surface area contributed by atoms with Gasteiger partial charge in [-0.25, -0.2) is 0 Å². The topological polar surface area (TPSA) is 89.1 Å². The zero-order chi connectivity index (χ0) is 7.84. The third-order valence-corrected chi connectivity index (χ3v) is 1.36. The van der Waals surface area contributed by atoms with Crippen molar-refractivity contribution in [2.75, 3.05) is 5.73 Å². The molecule has 0 aliphatic rings. The van der Waals surface area contributed by atoms with E-state index in [1.807, 2.05) is 0 Å². The molecule has 2 aromatic rings. The Kier molecular flexibility index (Phi) is 0.974. The molecule has 0 aliphatic carbocycles. The Balaban J connectivity index is 3.08. The zero-order valence-electron chi connectivity index (χ0n) is 5.48. The summed E-state index contributed by atoms with van der Waals surface area (Å²) in [6, 6.07) is 0. The van der Waals surface area contributed by atoms with Crippen LogP contribution in [0.15, 0.2) is 17.3 Å². The van der Waals surface area contributed by atoms with Crippen molar-refractivity contribution in [1.82, 2.24) is 19.8 Å². The van der Waals surface area contributed by atoms with Crippen LogP contribution in [0.2, 0.25) is 0 Å². The number of nitrogens with two attached hydrogens (primary N) is 1. The Morgan fingerprint density at radius 2 is 2.36 bits per heavy atom. The van der Waals surface area contributed by atoms with Gasteiger partial charge in [0.15, 0.2) is 5.52 Å². The molecule has 56 valence electrons. The highest BCUT2D eigenvalue weighted by atomic mass is 16.1. The van der Waals surface area contributed by atoms with Crippen LogP contribution in [0.1, 0.15) is 0 Å². The fraction of sp³-hybridized carbons (Fsp3) is 0. The second kappa shape index (κ2) is 1.82. The first-order valence-corrected chi connectivity index (χ1v) is 2.96. The molecule has 2 rings (SSSR count). The fourth-order valence-corrected chi connectivity index (χ4v) is 0.871. The molecule has 0 unspecified atom stereocenters. The van der Waals surface area contributed by atoms with Crippen molar-refractivity contribution in [2.45, 2.75) is 0 Å². The average molecular weight is 151 g/mol. The largest absolute Gasteiger partial charge is 0.395 e. The van der Waals surface area contributed by atoms with Gasteiger partial charge in [0.1, 0.15) is 6.33 Å². The first-order valence-electron chi connectivity index (χ1n) is 2.96. The van der Waals surface area contributed by atoms with Gasteiger partial charge < -0.3 is 10.7 Å². The Morgan fingerprint density at radius 3 is 3.09 bits per heavy atom. The van der Waals surface area contributed by atoms with E-state index in [2.05, 4.69) is 15.2 Å². The van der Waals surface area contributed by atoms with Gasteiger partial charge >= 0.3 is 0 Å². The Bertz CT molecular complexity index is 441. The van der Waals surface area contributed by atoms with Crippen LogP contribution in [0.4, 0.5) is 5.69 Å². The average Bonchev–Trinajstić information content (AvgIpc) is 2.34. The smallest absolute Gasteiger partial charge is 0.279 e. The van der Waals surface area contributed by atoms with Crippen LogP contribution in [0.5, 0.6) is 0 Å². The van der Waals surface area contributed by atoms with Gasteiger partial charge in [0.25, 0.3) is 5.56 Å². The highest BCUT2D eigenvalue weighted by molar-refractivity contribution is 5.66. The molecule has 11 heavy (non-hydrogen) atoms. The highest BCUT2D eigenvalue weighted by Crippen LogP contribution is 2.02. The van der Waals surface area contributed by atoms with Gasteiger partial charge in [0, 0.05) is 0 Å². The van der Waals surface area contributed by atoms with Crippen LogP contribution in [-0.2, 0) is 0 Å². The zero-order valence-corrected chi connectivity index (χ0v) is 5.48. The summed E-state index contributed by atoms with van der Waals surface area (Å²) in [6.45, 7) is 0. The Hall–Kier alpha value is -1.85. The molecule has 6 nitrogen and oxygen atoms in total. The lowest BCUT2D eigenvalue weighted by Gasteiger charge is -1.87. The third kappa shape index (κ3) is 0.689. The molecular weight excluding hydrogens is 146 g/mol. The number of nitrogens with one attached hydrogen (secondary N) is 1. The number of aromatic nitrogens is 4. The Labute approximate surface area is 60.6 Å². The van der Waals surface area contributed by atoms with Crippen molar-refractivity contribution >= 4 is 11.2 Å². The summed E-state index contributed by atoms with van der Waals surface area (Å²) in [5.41, 5.74) is 5.77. The van der Waals surface area contributed by atoms with E-state index in [4.69, 9.17) is 5.73 Å². The lowest BCUT2D eigenvalue weighted by Crippen LogP contribution is -2.11. The first kappa shape index (κ1) is 5.90. The second-order valence-corrected chi connectivity index (χ2v) is 2.06. The SMILES string of the molecule is Nc1cnn2nc[nH]c(=O)c12. The second-order valence-electron chi connectivity index (χ2n) is 2.06. The van der Waals surface area contributed by atoms with E-state index >= 15 is 0 Å². The predicted octanol–water partition coefficient (Wildman–Crippen LogP) is -1.00. The fourth-order valence-electron chi connectivity index (χ4n) is 0.871. The molecule has 0 radical (unpaired) electrons. The lowest BCUT2D eigenvalue weighted by atomic mass is 10.5. The van der Waals surface area contributed by atoms with Gasteiger partial charge in [-0.15, -0.1) is 9.73 Å². The lowest BCUT2D eigenvalue weighted by molar-refractivity contribution is 0.773. The normalized spacial score (nSPS) is 10.5. The summed E-state index contributed by atoms with van der Waals surface area (Å²) < 4.78 is 1.19. The Morgan fingerprint density at radius 1 is 1.55 bits per heavy atom. The van der Waals surface area contributed by atoms with Crippen molar-refractivity contribution in [3.05, 3.63) is 22.9 Å². The van der Waals surface area contributed by atoms with Crippen molar-refractivity contribution in [1.29, 1.82) is 0 Å². The maximum absolute atomic E-state index is 11.0. The molecule has 0 bridgehead atoms. The minimum absolute atomic E-state index is 0.282. The maximum atomic E-state index is 11.0. The summed E-state index contributed by atoms with van der Waals surface area (Å²) in [4.78, 5) is 13.4. The number of hydrogen-bond acceptors (Lipinski definition) is 4. The predicted molar refractivity (Wildman–Crippen MR) is 38.0 cm³/mol. The molecule has 0 aromatic carbocycles. The van der Waals surface area contributed by atoms with Gasteiger partial charge in [-0.2, -0.15) is 5.10 Å². The van der Waals surface area contributed by atoms with Crippen molar-refractivity contribution < 1.29 is 0 Å². The standard InChI is InChI=1S/C5H5N5O/c6-3-1-8-10-4(3)5(11)7-2-9-10/h1-2H,6H2,(H,7,9,11). The van der Waals surface area contributed by atoms with Gasteiger partial charge in [-0.05, 0) is 0 Å². The van der Waals surface area contributed by atoms with Crippen molar-refractivity contribution in [2.24, 2.45) is 0 Å². The molecule has 2 heterocycles. The summed E-state index contributed by atoms with van der Waals surface area (Å²) >= 11 is 0. The molecule has 0 saturated heterocycles. The van der Waals surface area contributed by atoms with Gasteiger partial charge in [0.05, 0.1) is 11.9 Å². The number of fused-ring (bicyclic) bond motifs is 1. The molecule has 0 spiro atoms. The van der Waals surface area contributed by atoms with Crippen molar-refractivity contribution in [3.8, 4) is 0 Å². The van der Waals surface area contributed by atoms with E-state index in [0.717, 1.165) is 0 Å². The highest BCUT2D eigenvalue weighted by Gasteiger charge is 2.03. The van der Waals surface area contributed by atoms with Crippen LogP contribution in [0.25, 0.3) is 5.52 Å². The number of anilines is 1. The van der Waals surface area contributed by atoms with Crippen LogP contribution in [0, 0.1) is 0 Å². The number of nitrogen functional groups attached to an aromatic ring is 1. The van der Waals surface area contributed by atoms with Gasteiger partial charge in [0.2, 0.25) is 0 Å². The minimum Gasteiger partial charge on any atom is -0.395 e. The van der Waals surface area contributed by atoms with Crippen LogP contribution >= 0.6 is 0 Å². The van der Waals surface area contributed by atoms with Crippen molar-refractivity contribution in [3.63, 3.8) is 0 Å². The monoisotopic (exact) mass is 151 g/mol. The third-order valence-electron chi connectivity index (χ3n) is 1.36. The summed E-state index contributed by atoms with van der Waals surface area (Å²) in [5.74, 6) is 0. The first-order chi connectivity index (χ1) is 5.29. The molecule has 2 aromatic heterocycles. The molecule has 0 fully saturated rings. The molecule has 0 aliphatic heterocycles. The molecule has 0 amide bonds. The summed E-state index contributed by atoms with van der Waals surface area (Å²) in [7, 11) is 0. The van der Waals surface area contributed by atoms with E-state index in [-0.39, 0.29) is 11.1 Å². The quantitative estimate of drug-likeness (QED) is 0.505. The maximum Gasteiger partial charge on any atom is 0.279 e.